The summed E-state index contributed by atoms with van der Waals surface area (Å²) in [5.74, 6) is 0.823. The van der Waals surface area contributed by atoms with Crippen molar-refractivity contribution in [2.75, 3.05) is 26.2 Å². The summed E-state index contributed by atoms with van der Waals surface area (Å²) in [6.45, 7) is 5.79. The lowest BCUT2D eigenvalue weighted by atomic mass is 9.96. The molecule has 1 aromatic rings. The minimum Gasteiger partial charge on any atom is -0.356 e. The number of nitrogens with zero attached hydrogens (tertiary/aromatic N) is 2. The van der Waals surface area contributed by atoms with E-state index in [2.05, 4.69) is 34.5 Å². The number of hydrogen-bond acceptors (Lipinski definition) is 3. The van der Waals surface area contributed by atoms with Gasteiger partial charge in [-0.1, -0.05) is 30.3 Å². The number of carbonyl (C=O) groups is 2. The molecule has 1 aromatic carbocycles. The van der Waals surface area contributed by atoms with Gasteiger partial charge in [0.25, 0.3) is 0 Å². The number of benzene rings is 1. The topological polar surface area (TPSA) is 52.7 Å². The van der Waals surface area contributed by atoms with Gasteiger partial charge in [-0.2, -0.15) is 0 Å². The molecule has 2 aliphatic rings. The largest absolute Gasteiger partial charge is 0.356 e. The Labute approximate surface area is 150 Å². The van der Waals surface area contributed by atoms with Gasteiger partial charge in [-0.05, 0) is 43.7 Å². The molecule has 2 heterocycles. The standard InChI is InChI=1S/C20H29N3O2/c1-16(24)21-14-17-9-12-22(13-10-17)20(25)19-8-5-11-23(19)15-18-6-3-2-4-7-18/h2-4,6-7,17,19H,5,8-15H2,1H3,(H,21,24). The Morgan fingerprint density at radius 3 is 2.48 bits per heavy atom. The highest BCUT2D eigenvalue weighted by atomic mass is 16.2. The molecule has 2 saturated heterocycles. The Morgan fingerprint density at radius 2 is 1.80 bits per heavy atom. The molecule has 2 fully saturated rings. The van der Waals surface area contributed by atoms with Gasteiger partial charge in [0.2, 0.25) is 11.8 Å². The third kappa shape index (κ3) is 4.82. The van der Waals surface area contributed by atoms with Crippen LogP contribution in [0, 0.1) is 5.92 Å². The van der Waals surface area contributed by atoms with Crippen molar-refractivity contribution in [3.8, 4) is 0 Å². The van der Waals surface area contributed by atoms with Crippen LogP contribution in [0.25, 0.3) is 0 Å². The van der Waals surface area contributed by atoms with E-state index in [0.29, 0.717) is 11.8 Å². The average molecular weight is 343 g/mol. The van der Waals surface area contributed by atoms with Gasteiger partial charge in [0.05, 0.1) is 6.04 Å². The summed E-state index contributed by atoms with van der Waals surface area (Å²) in [6.07, 6.45) is 4.04. The third-order valence-corrected chi connectivity index (χ3v) is 5.44. The van der Waals surface area contributed by atoms with Crippen molar-refractivity contribution in [2.45, 2.75) is 45.2 Å². The molecule has 136 valence electrons. The normalized spacial score (nSPS) is 22.1. The molecular weight excluding hydrogens is 314 g/mol. The summed E-state index contributed by atoms with van der Waals surface area (Å²) in [4.78, 5) is 28.4. The van der Waals surface area contributed by atoms with Crippen molar-refractivity contribution < 1.29 is 9.59 Å². The molecule has 5 heteroatoms. The summed E-state index contributed by atoms with van der Waals surface area (Å²) in [5.41, 5.74) is 1.27. The Bertz CT molecular complexity index is 582. The summed E-state index contributed by atoms with van der Waals surface area (Å²) in [6, 6.07) is 10.4. The fourth-order valence-electron chi connectivity index (χ4n) is 3.97. The molecule has 2 amide bonds. The predicted molar refractivity (Wildman–Crippen MR) is 97.9 cm³/mol. The monoisotopic (exact) mass is 343 g/mol. The zero-order valence-electron chi connectivity index (χ0n) is 15.1. The van der Waals surface area contributed by atoms with E-state index in [1.807, 2.05) is 11.0 Å². The summed E-state index contributed by atoms with van der Waals surface area (Å²) >= 11 is 0. The second-order valence-corrected chi connectivity index (χ2v) is 7.32. The molecule has 3 rings (SSSR count). The van der Waals surface area contributed by atoms with Crippen molar-refractivity contribution in [1.29, 1.82) is 0 Å². The predicted octanol–water partition coefficient (Wildman–Crippen LogP) is 2.03. The van der Waals surface area contributed by atoms with Crippen molar-refractivity contribution in [2.24, 2.45) is 5.92 Å². The molecule has 0 bridgehead atoms. The summed E-state index contributed by atoms with van der Waals surface area (Å²) < 4.78 is 0. The van der Waals surface area contributed by atoms with Gasteiger partial charge < -0.3 is 10.2 Å². The molecule has 5 nitrogen and oxygen atoms in total. The van der Waals surface area contributed by atoms with E-state index in [1.165, 1.54) is 5.56 Å². The highest BCUT2D eigenvalue weighted by molar-refractivity contribution is 5.82. The maximum atomic E-state index is 13.0. The summed E-state index contributed by atoms with van der Waals surface area (Å²) in [7, 11) is 0. The van der Waals surface area contributed by atoms with Crippen LogP contribution in [0.3, 0.4) is 0 Å². The average Bonchev–Trinajstić information content (AvgIpc) is 3.08. The lowest BCUT2D eigenvalue weighted by Crippen LogP contribution is -2.49. The van der Waals surface area contributed by atoms with Crippen LogP contribution in [0.2, 0.25) is 0 Å². The van der Waals surface area contributed by atoms with E-state index >= 15 is 0 Å². The van der Waals surface area contributed by atoms with E-state index in [1.54, 1.807) is 6.92 Å². The molecule has 0 aromatic heterocycles. The van der Waals surface area contributed by atoms with Crippen LogP contribution in [0.5, 0.6) is 0 Å². The first-order chi connectivity index (χ1) is 12.1. The molecule has 0 spiro atoms. The van der Waals surface area contributed by atoms with Crippen LogP contribution in [-0.2, 0) is 16.1 Å². The molecule has 1 N–H and O–H groups in total. The van der Waals surface area contributed by atoms with Gasteiger partial charge in [-0.3, -0.25) is 14.5 Å². The first-order valence-electron chi connectivity index (χ1n) is 9.44. The second kappa shape index (κ2) is 8.48. The van der Waals surface area contributed by atoms with Crippen molar-refractivity contribution in [1.82, 2.24) is 15.1 Å². The van der Waals surface area contributed by atoms with Gasteiger partial charge in [-0.15, -0.1) is 0 Å². The molecule has 0 radical (unpaired) electrons. The molecular formula is C20H29N3O2. The second-order valence-electron chi connectivity index (χ2n) is 7.32. The Balaban J connectivity index is 1.51. The fourth-order valence-corrected chi connectivity index (χ4v) is 3.97. The number of hydrogen-bond donors (Lipinski definition) is 1. The number of piperidine rings is 1. The number of likely N-dealkylation sites (tertiary alicyclic amines) is 2. The van der Waals surface area contributed by atoms with Crippen molar-refractivity contribution in [3.05, 3.63) is 35.9 Å². The lowest BCUT2D eigenvalue weighted by Gasteiger charge is -2.35. The Hall–Kier alpha value is -1.88. The van der Waals surface area contributed by atoms with E-state index < -0.39 is 0 Å². The maximum Gasteiger partial charge on any atom is 0.239 e. The SMILES string of the molecule is CC(=O)NCC1CCN(C(=O)C2CCCN2Cc2ccccc2)CC1. The van der Waals surface area contributed by atoms with E-state index in [9.17, 15) is 9.59 Å². The third-order valence-electron chi connectivity index (χ3n) is 5.44. The van der Waals surface area contributed by atoms with E-state index in [-0.39, 0.29) is 11.9 Å². The minimum atomic E-state index is 0.0287. The van der Waals surface area contributed by atoms with Crippen molar-refractivity contribution in [3.63, 3.8) is 0 Å². The van der Waals surface area contributed by atoms with E-state index in [4.69, 9.17) is 0 Å². The van der Waals surface area contributed by atoms with Crippen LogP contribution in [0.1, 0.15) is 38.2 Å². The number of rotatable bonds is 5. The van der Waals surface area contributed by atoms with Gasteiger partial charge in [-0.25, -0.2) is 0 Å². The van der Waals surface area contributed by atoms with Crippen LogP contribution in [0.4, 0.5) is 0 Å². The number of amides is 2. The maximum absolute atomic E-state index is 13.0. The van der Waals surface area contributed by atoms with E-state index in [0.717, 1.165) is 58.4 Å². The number of carbonyl (C=O) groups excluding carboxylic acids is 2. The first kappa shape index (κ1) is 17.9. The smallest absolute Gasteiger partial charge is 0.239 e. The minimum absolute atomic E-state index is 0.0287. The first-order valence-corrected chi connectivity index (χ1v) is 9.44. The van der Waals surface area contributed by atoms with Gasteiger partial charge in [0, 0.05) is 33.1 Å². The lowest BCUT2D eigenvalue weighted by molar-refractivity contribution is -0.137. The molecule has 2 aliphatic heterocycles. The molecule has 1 atom stereocenters. The Kier molecular flexibility index (Phi) is 6.08. The van der Waals surface area contributed by atoms with Crippen LogP contribution >= 0.6 is 0 Å². The molecule has 0 saturated carbocycles. The van der Waals surface area contributed by atoms with Crippen LogP contribution < -0.4 is 5.32 Å². The zero-order valence-corrected chi connectivity index (χ0v) is 15.1. The Morgan fingerprint density at radius 1 is 1.08 bits per heavy atom. The van der Waals surface area contributed by atoms with Gasteiger partial charge in [0.15, 0.2) is 0 Å². The quantitative estimate of drug-likeness (QED) is 0.890. The van der Waals surface area contributed by atoms with Crippen LogP contribution in [0.15, 0.2) is 30.3 Å². The zero-order chi connectivity index (χ0) is 17.6. The fraction of sp³-hybridized carbons (Fsp3) is 0.600. The summed E-state index contributed by atoms with van der Waals surface area (Å²) in [5, 5.41) is 2.90. The number of nitrogens with one attached hydrogen (secondary N) is 1. The van der Waals surface area contributed by atoms with Gasteiger partial charge in [0.1, 0.15) is 0 Å². The molecule has 0 aliphatic carbocycles. The highest BCUT2D eigenvalue weighted by Crippen LogP contribution is 2.24. The van der Waals surface area contributed by atoms with Crippen molar-refractivity contribution >= 4 is 11.8 Å². The van der Waals surface area contributed by atoms with Crippen LogP contribution in [-0.4, -0.2) is 53.8 Å². The molecule has 25 heavy (non-hydrogen) atoms. The molecule has 1 unspecified atom stereocenters. The van der Waals surface area contributed by atoms with Gasteiger partial charge >= 0.3 is 0 Å². The highest BCUT2D eigenvalue weighted by Gasteiger charge is 2.34.